The maximum absolute atomic E-state index is 11.2. The molecule has 2 saturated heterocycles. The van der Waals surface area contributed by atoms with E-state index < -0.39 is 0 Å². The average molecular weight is 556 g/mol. The Morgan fingerprint density at radius 3 is 2.53 bits per heavy atom. The minimum atomic E-state index is -0.195. The Hall–Kier alpha value is -1.35. The second-order valence-electron chi connectivity index (χ2n) is 9.28. The van der Waals surface area contributed by atoms with E-state index in [0.717, 1.165) is 50.8 Å². The molecule has 1 aromatic rings. The fourth-order valence-corrected chi connectivity index (χ4v) is 5.06. The van der Waals surface area contributed by atoms with Gasteiger partial charge in [0.15, 0.2) is 5.96 Å². The first-order chi connectivity index (χ1) is 15.1. The first kappa shape index (κ1) is 26.9. The number of aliphatic imine (C=N–C) groups is 1. The lowest BCUT2D eigenvalue weighted by atomic mass is 9.90. The van der Waals surface area contributed by atoms with Gasteiger partial charge in [-0.1, -0.05) is 30.3 Å². The molecule has 0 radical (unpaired) electrons. The van der Waals surface area contributed by atoms with E-state index in [0.29, 0.717) is 12.3 Å². The van der Waals surface area contributed by atoms with Gasteiger partial charge in [0.1, 0.15) is 0 Å². The molecule has 3 N–H and O–H groups in total. The third-order valence-corrected chi connectivity index (χ3v) is 6.78. The van der Waals surface area contributed by atoms with Crippen molar-refractivity contribution >= 4 is 35.8 Å². The van der Waals surface area contributed by atoms with Crippen LogP contribution in [0.25, 0.3) is 0 Å². The summed E-state index contributed by atoms with van der Waals surface area (Å²) in [6, 6.07) is 10.9. The molecule has 0 aromatic heterocycles. The highest BCUT2D eigenvalue weighted by atomic mass is 127. The van der Waals surface area contributed by atoms with Gasteiger partial charge in [0, 0.05) is 33.1 Å². The molecule has 0 spiro atoms. The van der Waals surface area contributed by atoms with E-state index in [-0.39, 0.29) is 29.9 Å². The highest BCUT2D eigenvalue weighted by molar-refractivity contribution is 14.0. The Morgan fingerprint density at radius 1 is 1.09 bits per heavy atom. The number of amides is 1. The van der Waals surface area contributed by atoms with E-state index in [1.807, 2.05) is 7.05 Å². The van der Waals surface area contributed by atoms with Crippen LogP contribution >= 0.6 is 24.0 Å². The summed E-state index contributed by atoms with van der Waals surface area (Å²) in [5.74, 6) is 1.97. The van der Waals surface area contributed by atoms with Gasteiger partial charge in [-0.2, -0.15) is 0 Å². The number of likely N-dealkylation sites (tertiary alicyclic amines) is 2. The number of carbonyl (C=O) groups excluding carboxylic acids is 1. The number of nitrogens with two attached hydrogens (primary N) is 1. The van der Waals surface area contributed by atoms with E-state index in [1.165, 1.54) is 50.9 Å². The summed E-state index contributed by atoms with van der Waals surface area (Å²) in [4.78, 5) is 20.6. The molecule has 2 aliphatic rings. The first-order valence-electron chi connectivity index (χ1n) is 12.1. The lowest BCUT2D eigenvalue weighted by Gasteiger charge is -2.34. The predicted molar refractivity (Wildman–Crippen MR) is 143 cm³/mol. The van der Waals surface area contributed by atoms with Gasteiger partial charge >= 0.3 is 0 Å². The maximum atomic E-state index is 11.2. The predicted octanol–water partition coefficient (Wildman–Crippen LogP) is 3.50. The Kier molecular flexibility index (Phi) is 12.4. The van der Waals surface area contributed by atoms with Crippen molar-refractivity contribution < 1.29 is 4.79 Å². The van der Waals surface area contributed by atoms with Gasteiger partial charge in [0.25, 0.3) is 0 Å². The SMILES string of the molecule is CN=C(NCCCCN1CCC(Cc2ccccc2)CC1)N1CCCC(CC(N)=O)C1.I. The number of benzene rings is 1. The van der Waals surface area contributed by atoms with Gasteiger partial charge in [-0.05, 0) is 82.0 Å². The van der Waals surface area contributed by atoms with Crippen LogP contribution in [-0.2, 0) is 11.2 Å². The van der Waals surface area contributed by atoms with E-state index in [4.69, 9.17) is 5.73 Å². The molecule has 6 nitrogen and oxygen atoms in total. The smallest absolute Gasteiger partial charge is 0.217 e. The molecule has 1 amide bonds. The molecule has 0 bridgehead atoms. The zero-order chi connectivity index (χ0) is 21.9. The summed E-state index contributed by atoms with van der Waals surface area (Å²) in [6.45, 7) is 6.51. The largest absolute Gasteiger partial charge is 0.370 e. The average Bonchev–Trinajstić information content (AvgIpc) is 2.78. The molecule has 3 rings (SSSR count). The van der Waals surface area contributed by atoms with Gasteiger partial charge in [0.05, 0.1) is 0 Å². The number of carbonyl (C=O) groups is 1. The van der Waals surface area contributed by atoms with Gasteiger partial charge in [-0.15, -0.1) is 24.0 Å². The number of rotatable bonds is 9. The van der Waals surface area contributed by atoms with Crippen LogP contribution in [0, 0.1) is 11.8 Å². The summed E-state index contributed by atoms with van der Waals surface area (Å²) in [6.07, 6.45) is 8.91. The van der Waals surface area contributed by atoms with E-state index in [9.17, 15) is 4.79 Å². The molecular formula is C25H42IN5O. The number of nitrogens with one attached hydrogen (secondary N) is 1. The van der Waals surface area contributed by atoms with Crippen LogP contribution in [0.5, 0.6) is 0 Å². The number of halogens is 1. The molecule has 0 saturated carbocycles. The zero-order valence-electron chi connectivity index (χ0n) is 19.7. The number of nitrogens with zero attached hydrogens (tertiary/aromatic N) is 3. The minimum Gasteiger partial charge on any atom is -0.370 e. The summed E-state index contributed by atoms with van der Waals surface area (Å²) in [7, 11) is 1.85. The number of hydrogen-bond donors (Lipinski definition) is 2. The van der Waals surface area contributed by atoms with Crippen LogP contribution in [-0.4, -0.2) is 68.0 Å². The van der Waals surface area contributed by atoms with E-state index >= 15 is 0 Å². The zero-order valence-corrected chi connectivity index (χ0v) is 22.0. The second-order valence-corrected chi connectivity index (χ2v) is 9.28. The van der Waals surface area contributed by atoms with Crippen molar-refractivity contribution in [2.45, 2.75) is 51.4 Å². The molecule has 2 fully saturated rings. The van der Waals surface area contributed by atoms with Crippen molar-refractivity contribution in [2.75, 3.05) is 46.3 Å². The van der Waals surface area contributed by atoms with Crippen molar-refractivity contribution in [1.29, 1.82) is 0 Å². The van der Waals surface area contributed by atoms with Gasteiger partial charge in [0.2, 0.25) is 5.91 Å². The molecule has 180 valence electrons. The normalized spacial score (nSPS) is 20.6. The number of primary amides is 1. The molecule has 32 heavy (non-hydrogen) atoms. The van der Waals surface area contributed by atoms with Gasteiger partial charge < -0.3 is 20.9 Å². The molecule has 1 aromatic carbocycles. The Morgan fingerprint density at radius 2 is 1.84 bits per heavy atom. The van der Waals surface area contributed by atoms with Crippen LogP contribution in [0.4, 0.5) is 0 Å². The molecule has 1 atom stereocenters. The Labute approximate surface area is 211 Å². The summed E-state index contributed by atoms with van der Waals surface area (Å²) in [5.41, 5.74) is 6.87. The molecular weight excluding hydrogens is 513 g/mol. The summed E-state index contributed by atoms with van der Waals surface area (Å²) in [5, 5.41) is 3.53. The third kappa shape index (κ3) is 9.25. The quantitative estimate of drug-likeness (QED) is 0.212. The number of piperidine rings is 2. The van der Waals surface area contributed by atoms with E-state index in [1.54, 1.807) is 0 Å². The van der Waals surface area contributed by atoms with Crippen LogP contribution in [0.1, 0.15) is 50.5 Å². The molecule has 2 heterocycles. The summed E-state index contributed by atoms with van der Waals surface area (Å²) >= 11 is 0. The Bertz CT molecular complexity index is 691. The second kappa shape index (κ2) is 14.7. The molecule has 2 aliphatic heterocycles. The van der Waals surface area contributed by atoms with Crippen molar-refractivity contribution in [3.05, 3.63) is 35.9 Å². The molecule has 7 heteroatoms. The first-order valence-corrected chi connectivity index (χ1v) is 12.1. The number of guanidine groups is 1. The standard InChI is InChI=1S/C25H41N5O.HI/c1-27-25(30-15-7-10-23(20-30)19-24(26)31)28-13-5-6-14-29-16-11-22(12-17-29)18-21-8-3-2-4-9-21;/h2-4,8-9,22-23H,5-7,10-20H2,1H3,(H2,26,31)(H,27,28);1H. The highest BCUT2D eigenvalue weighted by Gasteiger charge is 2.23. The number of unbranched alkanes of at least 4 members (excludes halogenated alkanes) is 1. The fourth-order valence-electron chi connectivity index (χ4n) is 5.06. The van der Waals surface area contributed by atoms with Crippen LogP contribution < -0.4 is 11.1 Å². The van der Waals surface area contributed by atoms with E-state index in [2.05, 4.69) is 50.4 Å². The Balaban J connectivity index is 0.00000363. The van der Waals surface area contributed by atoms with Crippen LogP contribution in [0.3, 0.4) is 0 Å². The minimum absolute atomic E-state index is 0. The topological polar surface area (TPSA) is 74.0 Å². The van der Waals surface area contributed by atoms with Gasteiger partial charge in [-0.3, -0.25) is 9.79 Å². The molecule has 0 aliphatic carbocycles. The third-order valence-electron chi connectivity index (χ3n) is 6.78. The molecule has 1 unspecified atom stereocenters. The van der Waals surface area contributed by atoms with Crippen molar-refractivity contribution in [3.8, 4) is 0 Å². The highest BCUT2D eigenvalue weighted by Crippen LogP contribution is 2.22. The van der Waals surface area contributed by atoms with Gasteiger partial charge in [-0.25, -0.2) is 0 Å². The maximum Gasteiger partial charge on any atom is 0.217 e. The van der Waals surface area contributed by atoms with Crippen LogP contribution in [0.15, 0.2) is 35.3 Å². The fraction of sp³-hybridized carbons (Fsp3) is 0.680. The monoisotopic (exact) mass is 555 g/mol. The van der Waals surface area contributed by atoms with Crippen LogP contribution in [0.2, 0.25) is 0 Å². The van der Waals surface area contributed by atoms with Crippen molar-refractivity contribution in [1.82, 2.24) is 15.1 Å². The lowest BCUT2D eigenvalue weighted by Crippen LogP contribution is -2.47. The van der Waals surface area contributed by atoms with Crippen molar-refractivity contribution in [2.24, 2.45) is 22.6 Å². The number of hydrogen-bond acceptors (Lipinski definition) is 3. The van der Waals surface area contributed by atoms with Crippen molar-refractivity contribution in [3.63, 3.8) is 0 Å². The lowest BCUT2D eigenvalue weighted by molar-refractivity contribution is -0.119. The summed E-state index contributed by atoms with van der Waals surface area (Å²) < 4.78 is 0.